The van der Waals surface area contributed by atoms with Gasteiger partial charge in [0.1, 0.15) is 5.82 Å². The first-order valence-electron chi connectivity index (χ1n) is 4.51. The van der Waals surface area contributed by atoms with E-state index < -0.39 is 0 Å². The van der Waals surface area contributed by atoms with Crippen LogP contribution < -0.4 is 5.32 Å². The maximum atomic E-state index is 13.2. The lowest BCUT2D eigenvalue weighted by molar-refractivity contribution is 0.620. The van der Waals surface area contributed by atoms with Gasteiger partial charge in [-0.15, -0.1) is 0 Å². The van der Waals surface area contributed by atoms with Gasteiger partial charge in [0.2, 0.25) is 0 Å². The van der Waals surface area contributed by atoms with Crippen LogP contribution in [0.2, 0.25) is 0 Å². The quantitative estimate of drug-likeness (QED) is 0.823. The fraction of sp³-hybridized carbons (Fsp3) is 0.300. The number of hydrogen-bond donors (Lipinski definition) is 1. The van der Waals surface area contributed by atoms with Crippen molar-refractivity contribution >= 4 is 26.7 Å². The van der Waals surface area contributed by atoms with Gasteiger partial charge in [-0.25, -0.2) is 9.37 Å². The number of halogens is 1. The summed E-state index contributed by atoms with van der Waals surface area (Å²) in [6.45, 7) is 4.60. The number of benzene rings is 1. The van der Waals surface area contributed by atoms with E-state index in [0.29, 0.717) is 5.56 Å². The highest BCUT2D eigenvalue weighted by Crippen LogP contribution is 2.27. The third-order valence-electron chi connectivity index (χ3n) is 2.00. The van der Waals surface area contributed by atoms with Gasteiger partial charge in [-0.3, -0.25) is 0 Å². The maximum absolute atomic E-state index is 13.2. The molecule has 0 spiro atoms. The molecule has 14 heavy (non-hydrogen) atoms. The van der Waals surface area contributed by atoms with Crippen LogP contribution in [0.25, 0.3) is 10.2 Å². The lowest BCUT2D eigenvalue weighted by Gasteiger charge is -1.93. The summed E-state index contributed by atoms with van der Waals surface area (Å²) in [4.78, 5) is 4.35. The van der Waals surface area contributed by atoms with Crippen molar-refractivity contribution < 1.29 is 4.39 Å². The van der Waals surface area contributed by atoms with Gasteiger partial charge in [-0.2, -0.15) is 0 Å². The summed E-state index contributed by atoms with van der Waals surface area (Å²) in [5.74, 6) is -0.163. The van der Waals surface area contributed by atoms with Crippen LogP contribution in [0.5, 0.6) is 0 Å². The van der Waals surface area contributed by atoms with E-state index in [1.807, 2.05) is 6.92 Å². The number of nitrogens with zero attached hydrogens (tertiary/aromatic N) is 1. The third-order valence-corrected chi connectivity index (χ3v) is 2.97. The van der Waals surface area contributed by atoms with E-state index in [0.717, 1.165) is 21.9 Å². The first kappa shape index (κ1) is 9.40. The fourth-order valence-electron chi connectivity index (χ4n) is 1.28. The molecule has 0 fully saturated rings. The molecular formula is C10H11FN2S. The summed E-state index contributed by atoms with van der Waals surface area (Å²) in [6, 6.07) is 3.32. The van der Waals surface area contributed by atoms with Crippen molar-refractivity contribution in [1.82, 2.24) is 4.98 Å². The molecule has 0 bridgehead atoms. The number of rotatable bonds is 2. The van der Waals surface area contributed by atoms with Gasteiger partial charge >= 0.3 is 0 Å². The second kappa shape index (κ2) is 3.53. The van der Waals surface area contributed by atoms with Crippen molar-refractivity contribution in [3.8, 4) is 0 Å². The molecule has 1 heterocycles. The average Bonchev–Trinajstić information content (AvgIpc) is 2.48. The summed E-state index contributed by atoms with van der Waals surface area (Å²) in [5.41, 5.74) is 1.51. The second-order valence-electron chi connectivity index (χ2n) is 3.12. The van der Waals surface area contributed by atoms with Gasteiger partial charge in [0.15, 0.2) is 5.13 Å². The van der Waals surface area contributed by atoms with Crippen LogP contribution in [0, 0.1) is 12.7 Å². The van der Waals surface area contributed by atoms with Crippen molar-refractivity contribution in [2.24, 2.45) is 0 Å². The predicted molar refractivity (Wildman–Crippen MR) is 58.5 cm³/mol. The van der Waals surface area contributed by atoms with Crippen molar-refractivity contribution in [3.63, 3.8) is 0 Å². The van der Waals surface area contributed by atoms with Crippen LogP contribution >= 0.6 is 11.3 Å². The number of anilines is 1. The standard InChI is InChI=1S/C10H11FN2S/c1-3-12-10-13-8-4-6(2)7(11)5-9(8)14-10/h4-5H,3H2,1-2H3,(H,12,13). The number of hydrogen-bond acceptors (Lipinski definition) is 3. The Morgan fingerprint density at radius 3 is 3.00 bits per heavy atom. The van der Waals surface area contributed by atoms with Gasteiger partial charge < -0.3 is 5.32 Å². The number of aryl methyl sites for hydroxylation is 1. The molecule has 0 saturated heterocycles. The fourth-order valence-corrected chi connectivity index (χ4v) is 2.22. The van der Waals surface area contributed by atoms with Crippen LogP contribution in [-0.4, -0.2) is 11.5 Å². The zero-order valence-corrected chi connectivity index (χ0v) is 8.91. The minimum absolute atomic E-state index is 0.163. The number of thiazole rings is 1. The molecule has 1 N–H and O–H groups in total. The smallest absolute Gasteiger partial charge is 0.183 e. The summed E-state index contributed by atoms with van der Waals surface area (Å²) in [5, 5.41) is 3.97. The van der Waals surface area contributed by atoms with Crippen molar-refractivity contribution in [2.75, 3.05) is 11.9 Å². The highest BCUT2D eigenvalue weighted by atomic mass is 32.1. The van der Waals surface area contributed by atoms with Gasteiger partial charge in [-0.1, -0.05) is 11.3 Å². The van der Waals surface area contributed by atoms with E-state index in [9.17, 15) is 4.39 Å². The Morgan fingerprint density at radius 2 is 2.29 bits per heavy atom. The molecule has 0 saturated carbocycles. The molecule has 4 heteroatoms. The Morgan fingerprint density at radius 1 is 1.50 bits per heavy atom. The Kier molecular flexibility index (Phi) is 2.37. The first-order valence-corrected chi connectivity index (χ1v) is 5.33. The molecule has 0 radical (unpaired) electrons. The topological polar surface area (TPSA) is 24.9 Å². The number of nitrogens with one attached hydrogen (secondary N) is 1. The van der Waals surface area contributed by atoms with E-state index in [2.05, 4.69) is 10.3 Å². The van der Waals surface area contributed by atoms with E-state index in [4.69, 9.17) is 0 Å². The maximum Gasteiger partial charge on any atom is 0.183 e. The van der Waals surface area contributed by atoms with Crippen LogP contribution in [0.15, 0.2) is 12.1 Å². The SMILES string of the molecule is CCNc1nc2cc(C)c(F)cc2s1. The summed E-state index contributed by atoms with van der Waals surface area (Å²) >= 11 is 1.48. The Balaban J connectivity index is 2.54. The molecule has 0 unspecified atom stereocenters. The molecule has 1 aromatic carbocycles. The zero-order valence-electron chi connectivity index (χ0n) is 8.10. The van der Waals surface area contributed by atoms with Crippen LogP contribution in [-0.2, 0) is 0 Å². The lowest BCUT2D eigenvalue weighted by atomic mass is 10.2. The number of aromatic nitrogens is 1. The van der Waals surface area contributed by atoms with Crippen LogP contribution in [0.3, 0.4) is 0 Å². The molecule has 0 aliphatic carbocycles. The molecule has 2 rings (SSSR count). The van der Waals surface area contributed by atoms with Crippen molar-refractivity contribution in [3.05, 3.63) is 23.5 Å². The summed E-state index contributed by atoms with van der Waals surface area (Å²) in [7, 11) is 0. The molecule has 1 aromatic heterocycles. The summed E-state index contributed by atoms with van der Waals surface area (Å²) < 4.78 is 14.1. The average molecular weight is 210 g/mol. The second-order valence-corrected chi connectivity index (χ2v) is 4.15. The molecular weight excluding hydrogens is 199 g/mol. The Hall–Kier alpha value is -1.16. The molecule has 0 atom stereocenters. The third kappa shape index (κ3) is 1.57. The van der Waals surface area contributed by atoms with Crippen LogP contribution in [0.4, 0.5) is 9.52 Å². The van der Waals surface area contributed by atoms with Gasteiger partial charge in [0, 0.05) is 6.54 Å². The van der Waals surface area contributed by atoms with Gasteiger partial charge in [0.25, 0.3) is 0 Å². The predicted octanol–water partition coefficient (Wildman–Crippen LogP) is 3.18. The van der Waals surface area contributed by atoms with E-state index >= 15 is 0 Å². The van der Waals surface area contributed by atoms with Crippen LogP contribution in [0.1, 0.15) is 12.5 Å². The zero-order chi connectivity index (χ0) is 10.1. The Bertz CT molecular complexity index is 425. The minimum atomic E-state index is -0.163. The normalized spacial score (nSPS) is 10.8. The highest BCUT2D eigenvalue weighted by molar-refractivity contribution is 7.22. The first-order chi connectivity index (χ1) is 6.70. The molecule has 0 aliphatic rings. The van der Waals surface area contributed by atoms with Crippen molar-refractivity contribution in [2.45, 2.75) is 13.8 Å². The lowest BCUT2D eigenvalue weighted by Crippen LogP contribution is -1.94. The molecule has 2 nitrogen and oxygen atoms in total. The van der Waals surface area contributed by atoms with Gasteiger partial charge in [-0.05, 0) is 31.5 Å². The molecule has 2 aromatic rings. The minimum Gasteiger partial charge on any atom is -0.362 e. The monoisotopic (exact) mass is 210 g/mol. The van der Waals surface area contributed by atoms with Gasteiger partial charge in [0.05, 0.1) is 10.2 Å². The van der Waals surface area contributed by atoms with Crippen molar-refractivity contribution in [1.29, 1.82) is 0 Å². The molecule has 0 aliphatic heterocycles. The molecule has 0 amide bonds. The highest BCUT2D eigenvalue weighted by Gasteiger charge is 2.06. The Labute approximate surface area is 85.8 Å². The van der Waals surface area contributed by atoms with E-state index in [-0.39, 0.29) is 5.82 Å². The largest absolute Gasteiger partial charge is 0.362 e. The van der Waals surface area contributed by atoms with E-state index in [1.165, 1.54) is 11.3 Å². The number of fused-ring (bicyclic) bond motifs is 1. The molecule has 74 valence electrons. The summed E-state index contributed by atoms with van der Waals surface area (Å²) in [6.07, 6.45) is 0. The van der Waals surface area contributed by atoms with E-state index in [1.54, 1.807) is 19.1 Å².